The molecule has 0 spiro atoms. The number of aromatic nitrogens is 3. The Morgan fingerprint density at radius 3 is 2.76 bits per heavy atom. The van der Waals surface area contributed by atoms with Gasteiger partial charge in [0.05, 0.1) is 22.0 Å². The number of hydrogen-bond acceptors (Lipinski definition) is 2. The molecule has 0 unspecified atom stereocenters. The first kappa shape index (κ1) is 11.6. The number of hydrogen-bond donors (Lipinski definition) is 2. The van der Waals surface area contributed by atoms with Crippen LogP contribution in [0.4, 0.5) is 0 Å². The van der Waals surface area contributed by atoms with E-state index in [4.69, 9.17) is 0 Å². The zero-order valence-electron chi connectivity index (χ0n) is 10.9. The standard InChI is InChI=1S/C16H10N4O/c17-8-10-9-20(15-4-2-1-3-12(10)15)11-5-6-13-14(7-11)18-19-16(13)21/h1-7,9H,(H2,18,19,21). The lowest BCUT2D eigenvalue weighted by Gasteiger charge is -2.05. The van der Waals surface area contributed by atoms with E-state index in [1.54, 1.807) is 6.07 Å². The summed E-state index contributed by atoms with van der Waals surface area (Å²) in [6.07, 6.45) is 1.82. The van der Waals surface area contributed by atoms with Crippen LogP contribution in [-0.2, 0) is 0 Å². The molecule has 0 radical (unpaired) electrons. The van der Waals surface area contributed by atoms with Gasteiger partial charge in [-0.2, -0.15) is 5.26 Å². The first-order valence-electron chi connectivity index (χ1n) is 6.49. The number of para-hydroxylation sites is 1. The van der Waals surface area contributed by atoms with Gasteiger partial charge < -0.3 is 4.57 Å². The predicted octanol–water partition coefficient (Wildman–Crippen LogP) is 2.67. The van der Waals surface area contributed by atoms with E-state index in [0.29, 0.717) is 10.9 Å². The summed E-state index contributed by atoms with van der Waals surface area (Å²) in [6.45, 7) is 0. The SMILES string of the molecule is N#Cc1cn(-c2ccc3c(=O)[nH][nH]c3c2)c2ccccc12. The molecule has 0 fully saturated rings. The fourth-order valence-electron chi connectivity index (χ4n) is 2.66. The Bertz CT molecular complexity index is 1070. The molecule has 0 bridgehead atoms. The van der Waals surface area contributed by atoms with Crippen LogP contribution >= 0.6 is 0 Å². The van der Waals surface area contributed by atoms with Crippen LogP contribution in [0.3, 0.4) is 0 Å². The van der Waals surface area contributed by atoms with Crippen molar-refractivity contribution in [3.63, 3.8) is 0 Å². The summed E-state index contributed by atoms with van der Waals surface area (Å²) in [6, 6.07) is 15.5. The molecule has 0 amide bonds. The second kappa shape index (κ2) is 4.12. The zero-order valence-corrected chi connectivity index (χ0v) is 10.9. The molecule has 5 heteroatoms. The molecule has 0 saturated heterocycles. The number of nitrogens with one attached hydrogen (secondary N) is 2. The molecule has 2 heterocycles. The van der Waals surface area contributed by atoms with Crippen LogP contribution < -0.4 is 5.56 Å². The molecule has 4 aromatic rings. The Balaban J connectivity index is 2.04. The molecule has 21 heavy (non-hydrogen) atoms. The predicted molar refractivity (Wildman–Crippen MR) is 80.5 cm³/mol. The summed E-state index contributed by atoms with van der Waals surface area (Å²) in [5.74, 6) is 0. The van der Waals surface area contributed by atoms with Gasteiger partial charge in [-0.25, -0.2) is 0 Å². The van der Waals surface area contributed by atoms with E-state index >= 15 is 0 Å². The van der Waals surface area contributed by atoms with Gasteiger partial charge in [-0.3, -0.25) is 15.0 Å². The van der Waals surface area contributed by atoms with Gasteiger partial charge in [0.2, 0.25) is 0 Å². The number of nitriles is 1. The van der Waals surface area contributed by atoms with Gasteiger partial charge in [0.15, 0.2) is 0 Å². The van der Waals surface area contributed by atoms with E-state index < -0.39 is 0 Å². The molecule has 4 rings (SSSR count). The molecule has 0 aliphatic heterocycles. The summed E-state index contributed by atoms with van der Waals surface area (Å²) in [5.41, 5.74) is 3.11. The highest BCUT2D eigenvalue weighted by molar-refractivity contribution is 5.89. The summed E-state index contributed by atoms with van der Waals surface area (Å²) in [7, 11) is 0. The minimum Gasteiger partial charge on any atom is -0.315 e. The monoisotopic (exact) mass is 274 g/mol. The Kier molecular flexibility index (Phi) is 2.27. The maximum atomic E-state index is 11.6. The minimum atomic E-state index is -0.133. The number of rotatable bonds is 1. The second-order valence-corrected chi connectivity index (χ2v) is 4.85. The maximum Gasteiger partial charge on any atom is 0.271 e. The third-order valence-corrected chi connectivity index (χ3v) is 3.67. The van der Waals surface area contributed by atoms with Crippen molar-refractivity contribution < 1.29 is 0 Å². The number of nitrogens with zero attached hydrogens (tertiary/aromatic N) is 2. The summed E-state index contributed by atoms with van der Waals surface area (Å²) in [5, 5.41) is 16.2. The summed E-state index contributed by atoms with van der Waals surface area (Å²) >= 11 is 0. The fraction of sp³-hybridized carbons (Fsp3) is 0. The van der Waals surface area contributed by atoms with Gasteiger partial charge in [-0.15, -0.1) is 0 Å². The Morgan fingerprint density at radius 2 is 1.90 bits per heavy atom. The highest BCUT2D eigenvalue weighted by atomic mass is 16.1. The van der Waals surface area contributed by atoms with E-state index in [2.05, 4.69) is 16.3 Å². The van der Waals surface area contributed by atoms with Crippen molar-refractivity contribution in [3.8, 4) is 11.8 Å². The van der Waals surface area contributed by atoms with Crippen LogP contribution in [0.1, 0.15) is 5.56 Å². The van der Waals surface area contributed by atoms with Gasteiger partial charge in [0.1, 0.15) is 6.07 Å². The van der Waals surface area contributed by atoms with E-state index in [0.717, 1.165) is 22.1 Å². The Hall–Kier alpha value is -3.26. The summed E-state index contributed by atoms with van der Waals surface area (Å²) in [4.78, 5) is 11.6. The lowest BCUT2D eigenvalue weighted by Crippen LogP contribution is -1.97. The molecule has 100 valence electrons. The van der Waals surface area contributed by atoms with Gasteiger partial charge in [-0.1, -0.05) is 18.2 Å². The van der Waals surface area contributed by atoms with Crippen molar-refractivity contribution in [2.45, 2.75) is 0 Å². The normalized spacial score (nSPS) is 11.0. The molecule has 0 aliphatic carbocycles. The number of benzene rings is 2. The quantitative estimate of drug-likeness (QED) is 0.559. The molecule has 5 nitrogen and oxygen atoms in total. The van der Waals surface area contributed by atoms with Gasteiger partial charge in [0, 0.05) is 17.3 Å². The number of fused-ring (bicyclic) bond motifs is 2. The fourth-order valence-corrected chi connectivity index (χ4v) is 2.66. The van der Waals surface area contributed by atoms with Crippen molar-refractivity contribution in [3.05, 3.63) is 64.6 Å². The van der Waals surface area contributed by atoms with Crippen LogP contribution in [0.2, 0.25) is 0 Å². The average molecular weight is 274 g/mol. The minimum absolute atomic E-state index is 0.133. The van der Waals surface area contributed by atoms with Crippen molar-refractivity contribution in [1.82, 2.24) is 14.8 Å². The molecule has 0 atom stereocenters. The smallest absolute Gasteiger partial charge is 0.271 e. The van der Waals surface area contributed by atoms with Gasteiger partial charge in [0.25, 0.3) is 5.56 Å². The van der Waals surface area contributed by atoms with E-state index in [-0.39, 0.29) is 5.56 Å². The molecule has 2 N–H and O–H groups in total. The molecule has 2 aromatic carbocycles. The Labute approximate surface area is 119 Å². The van der Waals surface area contributed by atoms with E-state index in [1.165, 1.54) is 0 Å². The third-order valence-electron chi connectivity index (χ3n) is 3.67. The maximum absolute atomic E-state index is 11.6. The van der Waals surface area contributed by atoms with Crippen LogP contribution in [0.5, 0.6) is 0 Å². The zero-order chi connectivity index (χ0) is 14.4. The highest BCUT2D eigenvalue weighted by Gasteiger charge is 2.10. The molecule has 0 saturated carbocycles. The van der Waals surface area contributed by atoms with E-state index in [1.807, 2.05) is 47.2 Å². The molecular formula is C16H10N4O. The van der Waals surface area contributed by atoms with Crippen molar-refractivity contribution in [1.29, 1.82) is 5.26 Å². The van der Waals surface area contributed by atoms with E-state index in [9.17, 15) is 10.1 Å². The number of H-pyrrole nitrogens is 2. The first-order chi connectivity index (χ1) is 10.3. The molecule has 0 aliphatic rings. The van der Waals surface area contributed by atoms with Crippen LogP contribution in [0, 0.1) is 11.3 Å². The highest BCUT2D eigenvalue weighted by Crippen LogP contribution is 2.25. The van der Waals surface area contributed by atoms with Crippen molar-refractivity contribution in [2.24, 2.45) is 0 Å². The van der Waals surface area contributed by atoms with Gasteiger partial charge >= 0.3 is 0 Å². The number of aromatic amines is 2. The molecular weight excluding hydrogens is 264 g/mol. The van der Waals surface area contributed by atoms with Crippen LogP contribution in [0.15, 0.2) is 53.5 Å². The summed E-state index contributed by atoms with van der Waals surface area (Å²) < 4.78 is 1.96. The van der Waals surface area contributed by atoms with Crippen LogP contribution in [0.25, 0.3) is 27.5 Å². The average Bonchev–Trinajstić information content (AvgIpc) is 3.08. The van der Waals surface area contributed by atoms with Gasteiger partial charge in [-0.05, 0) is 24.3 Å². The Morgan fingerprint density at radius 1 is 1.05 bits per heavy atom. The lowest BCUT2D eigenvalue weighted by atomic mass is 10.2. The van der Waals surface area contributed by atoms with Crippen molar-refractivity contribution in [2.75, 3.05) is 0 Å². The lowest BCUT2D eigenvalue weighted by molar-refractivity contribution is 1.08. The van der Waals surface area contributed by atoms with Crippen molar-refractivity contribution >= 4 is 21.8 Å². The van der Waals surface area contributed by atoms with Crippen LogP contribution in [-0.4, -0.2) is 14.8 Å². The third kappa shape index (κ3) is 1.60. The first-order valence-corrected chi connectivity index (χ1v) is 6.49. The largest absolute Gasteiger partial charge is 0.315 e. The molecule has 2 aromatic heterocycles. The topological polar surface area (TPSA) is 77.4 Å². The second-order valence-electron chi connectivity index (χ2n) is 4.85.